The molecule has 0 aromatic carbocycles. The molecule has 0 bridgehead atoms. The van der Waals surface area contributed by atoms with Crippen LogP contribution in [-0.2, 0) is 14.2 Å². The minimum Gasteiger partial charge on any atom is -0.382 e. The second-order valence-electron chi connectivity index (χ2n) is 9.76. The fraction of sp³-hybridized carbons (Fsp3) is 0.500. The summed E-state index contributed by atoms with van der Waals surface area (Å²) >= 11 is 0. The Morgan fingerprint density at radius 3 is 2.72 bits per heavy atom. The van der Waals surface area contributed by atoms with Crippen LogP contribution in [0.5, 0.6) is 0 Å². The summed E-state index contributed by atoms with van der Waals surface area (Å²) in [5, 5.41) is 19.5. The summed E-state index contributed by atoms with van der Waals surface area (Å²) in [7, 11) is 1.66. The summed E-state index contributed by atoms with van der Waals surface area (Å²) in [5.74, 6) is 1.32. The van der Waals surface area contributed by atoms with Crippen LogP contribution in [0.25, 0.3) is 11.0 Å². The van der Waals surface area contributed by atoms with E-state index >= 15 is 0 Å². The predicted octanol–water partition coefficient (Wildman–Crippen LogP) is 3.45. The molecule has 1 fully saturated rings. The number of morpholine rings is 1. The lowest BCUT2D eigenvalue weighted by atomic mass is 10.0. The minimum absolute atomic E-state index is 0.0665. The number of aliphatic imine (C=N–C) groups is 1. The Kier molecular flexibility index (Phi) is 10.8. The summed E-state index contributed by atoms with van der Waals surface area (Å²) in [6.07, 6.45) is 6.64. The van der Waals surface area contributed by atoms with Crippen molar-refractivity contribution in [1.29, 1.82) is 5.41 Å². The van der Waals surface area contributed by atoms with E-state index in [0.29, 0.717) is 37.3 Å². The highest BCUT2D eigenvalue weighted by Gasteiger charge is 2.17. The van der Waals surface area contributed by atoms with Crippen molar-refractivity contribution < 1.29 is 14.2 Å². The normalized spacial score (nSPS) is 16.1. The van der Waals surface area contributed by atoms with Crippen LogP contribution in [0.4, 0.5) is 11.6 Å². The SMILES string of the molecule is COCCOC(CN=CC(C=N)c1cnc2ccc(Nc3cc(C(C)C)cnn3)nc2c1)CN1CCOCC1. The van der Waals surface area contributed by atoms with Crippen molar-refractivity contribution in [1.82, 2.24) is 25.1 Å². The zero-order valence-corrected chi connectivity index (χ0v) is 22.9. The monoisotopic (exact) mass is 534 g/mol. The van der Waals surface area contributed by atoms with Gasteiger partial charge in [0.1, 0.15) is 5.82 Å². The largest absolute Gasteiger partial charge is 0.382 e. The van der Waals surface area contributed by atoms with Gasteiger partial charge in [-0.2, -0.15) is 5.10 Å². The molecule has 0 spiro atoms. The smallest absolute Gasteiger partial charge is 0.154 e. The maximum absolute atomic E-state index is 8.02. The van der Waals surface area contributed by atoms with E-state index in [0.717, 1.165) is 55.0 Å². The predicted molar refractivity (Wildman–Crippen MR) is 153 cm³/mol. The number of aromatic nitrogens is 4. The summed E-state index contributed by atoms with van der Waals surface area (Å²) < 4.78 is 16.6. The molecule has 3 aromatic heterocycles. The van der Waals surface area contributed by atoms with Crippen molar-refractivity contribution in [2.75, 3.05) is 65.0 Å². The third-order valence-corrected chi connectivity index (χ3v) is 6.50. The van der Waals surface area contributed by atoms with Gasteiger partial charge in [0.2, 0.25) is 0 Å². The standard InChI is InChI=1S/C28H38N8O3/c1-20(2)21-13-28(35-32-17-21)34-27-5-4-25-26(33-27)12-22(16-31-25)23(14-29)15-30-18-24(39-11-10-37-3)19-36-6-8-38-9-7-36/h4-5,12-17,20,23-24,29H,6-11,18-19H2,1-3H3,(H,33,34,35). The fourth-order valence-corrected chi connectivity index (χ4v) is 4.21. The average molecular weight is 535 g/mol. The number of methoxy groups -OCH3 is 1. The highest BCUT2D eigenvalue weighted by Crippen LogP contribution is 2.22. The van der Waals surface area contributed by atoms with Gasteiger partial charge in [-0.05, 0) is 41.3 Å². The number of nitrogens with one attached hydrogen (secondary N) is 2. The average Bonchev–Trinajstić information content (AvgIpc) is 2.95. The first kappa shape index (κ1) is 28.6. The van der Waals surface area contributed by atoms with Crippen LogP contribution in [-0.4, -0.2) is 103 Å². The van der Waals surface area contributed by atoms with Crippen LogP contribution in [0.15, 0.2) is 41.7 Å². The zero-order valence-electron chi connectivity index (χ0n) is 22.9. The molecule has 11 nitrogen and oxygen atoms in total. The third-order valence-electron chi connectivity index (χ3n) is 6.50. The lowest BCUT2D eigenvalue weighted by Crippen LogP contribution is -2.42. The summed E-state index contributed by atoms with van der Waals surface area (Å²) in [6, 6.07) is 7.71. The van der Waals surface area contributed by atoms with Gasteiger partial charge in [0.15, 0.2) is 5.82 Å². The van der Waals surface area contributed by atoms with E-state index in [1.54, 1.807) is 25.7 Å². The number of rotatable bonds is 14. The molecule has 11 heteroatoms. The summed E-state index contributed by atoms with van der Waals surface area (Å²) in [4.78, 5) is 16.3. The van der Waals surface area contributed by atoms with Gasteiger partial charge in [-0.25, -0.2) is 4.98 Å². The number of anilines is 2. The molecule has 1 saturated heterocycles. The molecule has 2 unspecified atom stereocenters. The Morgan fingerprint density at radius 1 is 1.10 bits per heavy atom. The van der Waals surface area contributed by atoms with Crippen LogP contribution >= 0.6 is 0 Å². The molecule has 39 heavy (non-hydrogen) atoms. The van der Waals surface area contributed by atoms with Crippen LogP contribution in [0.3, 0.4) is 0 Å². The molecule has 0 radical (unpaired) electrons. The van der Waals surface area contributed by atoms with E-state index in [2.05, 4.69) is 44.2 Å². The highest BCUT2D eigenvalue weighted by molar-refractivity contribution is 5.90. The molecule has 208 valence electrons. The second-order valence-corrected chi connectivity index (χ2v) is 9.76. The summed E-state index contributed by atoms with van der Waals surface area (Å²) in [5.41, 5.74) is 3.43. The molecule has 2 N–H and O–H groups in total. The van der Waals surface area contributed by atoms with Crippen molar-refractivity contribution in [3.8, 4) is 0 Å². The number of hydrogen-bond acceptors (Lipinski definition) is 11. The van der Waals surface area contributed by atoms with Gasteiger partial charge in [-0.15, -0.1) is 5.10 Å². The molecule has 4 heterocycles. The minimum atomic E-state index is -0.322. The second kappa shape index (κ2) is 14.7. The van der Waals surface area contributed by atoms with E-state index in [4.69, 9.17) is 24.6 Å². The van der Waals surface area contributed by atoms with Crippen molar-refractivity contribution in [2.24, 2.45) is 4.99 Å². The Hall–Kier alpha value is -3.38. The maximum Gasteiger partial charge on any atom is 0.154 e. The van der Waals surface area contributed by atoms with E-state index in [-0.39, 0.29) is 12.0 Å². The number of hydrogen-bond donors (Lipinski definition) is 2. The Bertz CT molecular complexity index is 1230. The van der Waals surface area contributed by atoms with Crippen molar-refractivity contribution in [2.45, 2.75) is 31.8 Å². The Labute approximate surface area is 229 Å². The molecule has 1 aliphatic rings. The van der Waals surface area contributed by atoms with Crippen molar-refractivity contribution >= 4 is 35.1 Å². The van der Waals surface area contributed by atoms with Gasteiger partial charge in [0.05, 0.1) is 62.2 Å². The van der Waals surface area contributed by atoms with Crippen LogP contribution < -0.4 is 5.32 Å². The Morgan fingerprint density at radius 2 is 1.95 bits per heavy atom. The lowest BCUT2D eigenvalue weighted by molar-refractivity contribution is -0.0209. The van der Waals surface area contributed by atoms with Gasteiger partial charge in [-0.1, -0.05) is 13.8 Å². The lowest BCUT2D eigenvalue weighted by Gasteiger charge is -2.29. The van der Waals surface area contributed by atoms with Crippen molar-refractivity contribution in [3.05, 3.63) is 47.8 Å². The van der Waals surface area contributed by atoms with Gasteiger partial charge < -0.3 is 24.9 Å². The van der Waals surface area contributed by atoms with Gasteiger partial charge in [-0.3, -0.25) is 14.9 Å². The zero-order chi connectivity index (χ0) is 27.5. The van der Waals surface area contributed by atoms with Gasteiger partial charge in [0, 0.05) is 45.4 Å². The molecular formula is C28H38N8O3. The van der Waals surface area contributed by atoms with Crippen LogP contribution in [0.2, 0.25) is 0 Å². The number of nitrogens with zero attached hydrogens (tertiary/aromatic N) is 6. The number of ether oxygens (including phenoxy) is 3. The van der Waals surface area contributed by atoms with E-state index < -0.39 is 0 Å². The molecule has 2 atom stereocenters. The third kappa shape index (κ3) is 8.56. The molecule has 0 aliphatic carbocycles. The molecule has 0 amide bonds. The molecule has 1 aliphatic heterocycles. The first-order chi connectivity index (χ1) is 19.1. The van der Waals surface area contributed by atoms with E-state index in [1.165, 1.54) is 6.21 Å². The topological polar surface area (TPSA) is 131 Å². The maximum atomic E-state index is 8.02. The van der Waals surface area contributed by atoms with Crippen LogP contribution in [0.1, 0.15) is 36.8 Å². The summed E-state index contributed by atoms with van der Waals surface area (Å²) in [6.45, 7) is 9.81. The van der Waals surface area contributed by atoms with Gasteiger partial charge in [0.25, 0.3) is 0 Å². The quantitative estimate of drug-likeness (QED) is 0.236. The number of fused-ring (bicyclic) bond motifs is 1. The van der Waals surface area contributed by atoms with E-state index in [1.807, 2.05) is 24.3 Å². The van der Waals surface area contributed by atoms with E-state index in [9.17, 15) is 0 Å². The first-order valence-corrected chi connectivity index (χ1v) is 13.3. The molecule has 0 saturated carbocycles. The van der Waals surface area contributed by atoms with Crippen molar-refractivity contribution in [3.63, 3.8) is 0 Å². The first-order valence-electron chi connectivity index (χ1n) is 13.3. The highest BCUT2D eigenvalue weighted by atomic mass is 16.5. The fourth-order valence-electron chi connectivity index (χ4n) is 4.21. The number of pyridine rings is 2. The Balaban J connectivity index is 1.44. The van der Waals surface area contributed by atoms with Gasteiger partial charge >= 0.3 is 0 Å². The molecule has 3 aromatic rings. The molecule has 4 rings (SSSR count). The molecular weight excluding hydrogens is 496 g/mol. The van der Waals surface area contributed by atoms with Crippen LogP contribution in [0, 0.1) is 5.41 Å².